The number of esters is 1. The first-order valence-corrected chi connectivity index (χ1v) is 15.1. The summed E-state index contributed by atoms with van der Waals surface area (Å²) in [6.45, 7) is 8.13. The van der Waals surface area contributed by atoms with Gasteiger partial charge < -0.3 is 4.74 Å². The molecule has 0 spiro atoms. The Bertz CT molecular complexity index is 708. The maximum absolute atomic E-state index is 13.1. The van der Waals surface area contributed by atoms with E-state index in [1.165, 1.54) is 18.3 Å². The highest BCUT2D eigenvalue weighted by molar-refractivity contribution is 9.11. The molecule has 136 valence electrons. The number of carbonyl (C=O) groups excluding carboxylic acids is 1. The Morgan fingerprint density at radius 1 is 1.42 bits per heavy atom. The van der Waals surface area contributed by atoms with Crippen LogP contribution in [0.5, 0.6) is 0 Å². The van der Waals surface area contributed by atoms with Gasteiger partial charge in [-0.2, -0.15) is 0 Å². The number of halogens is 1. The molecule has 1 aliphatic heterocycles. The lowest BCUT2D eigenvalue weighted by Gasteiger charge is -2.42. The molecule has 0 saturated carbocycles. The first-order chi connectivity index (χ1) is 11.0. The summed E-state index contributed by atoms with van der Waals surface area (Å²) in [5, 5.41) is 0. The van der Waals surface area contributed by atoms with Gasteiger partial charge in [0.1, 0.15) is 0 Å². The van der Waals surface area contributed by atoms with Gasteiger partial charge >= 0.3 is 5.97 Å². The van der Waals surface area contributed by atoms with Crippen LogP contribution in [0.2, 0.25) is 25.7 Å². The standard InChI is InChI=1S/C16H25BrO4S2Si/c1-12(18)21-16(14-7-8-15(17)22-14)13(9-11-24(2,3)4)6-5-10-23(16,19)20/h7-8,13H,5-6,9-11H2,1-4H3/t13?,16-/m0/s1. The highest BCUT2D eigenvalue weighted by atomic mass is 79.9. The molecule has 0 amide bonds. The minimum atomic E-state index is -3.57. The molecule has 24 heavy (non-hydrogen) atoms. The molecule has 1 aromatic rings. The summed E-state index contributed by atoms with van der Waals surface area (Å²) in [5.41, 5.74) is 0. The third-order valence-electron chi connectivity index (χ3n) is 4.42. The maximum atomic E-state index is 13.1. The van der Waals surface area contributed by atoms with E-state index in [1.807, 2.05) is 6.07 Å². The average Bonchev–Trinajstić information content (AvgIpc) is 2.84. The van der Waals surface area contributed by atoms with Crippen LogP contribution in [0.4, 0.5) is 0 Å². The number of sulfone groups is 1. The zero-order chi connectivity index (χ0) is 18.2. The first kappa shape index (κ1) is 20.1. The second-order valence-corrected chi connectivity index (χ2v) is 18.0. The van der Waals surface area contributed by atoms with Gasteiger partial charge in [-0.25, -0.2) is 8.42 Å². The number of hydrogen-bond acceptors (Lipinski definition) is 5. The van der Waals surface area contributed by atoms with Crippen LogP contribution in [0.15, 0.2) is 15.9 Å². The van der Waals surface area contributed by atoms with Crippen LogP contribution in [0.1, 0.15) is 31.1 Å². The molecule has 0 N–H and O–H groups in total. The van der Waals surface area contributed by atoms with Crippen molar-refractivity contribution in [2.75, 3.05) is 5.75 Å². The van der Waals surface area contributed by atoms with E-state index < -0.39 is 28.8 Å². The first-order valence-electron chi connectivity index (χ1n) is 8.16. The van der Waals surface area contributed by atoms with E-state index in [0.29, 0.717) is 11.3 Å². The summed E-state index contributed by atoms with van der Waals surface area (Å²) < 4.78 is 32.7. The van der Waals surface area contributed by atoms with Crippen LogP contribution in [0.3, 0.4) is 0 Å². The Morgan fingerprint density at radius 3 is 2.58 bits per heavy atom. The minimum Gasteiger partial charge on any atom is -0.437 e. The van der Waals surface area contributed by atoms with Crippen molar-refractivity contribution in [3.05, 3.63) is 20.8 Å². The average molecular weight is 453 g/mol. The van der Waals surface area contributed by atoms with E-state index in [-0.39, 0.29) is 11.7 Å². The third-order valence-corrected chi connectivity index (χ3v) is 10.5. The van der Waals surface area contributed by atoms with E-state index in [1.54, 1.807) is 6.07 Å². The van der Waals surface area contributed by atoms with Gasteiger partial charge in [-0.15, -0.1) is 11.3 Å². The number of ether oxygens (including phenoxy) is 1. The second kappa shape index (κ2) is 7.21. The number of carbonyl (C=O) groups is 1. The van der Waals surface area contributed by atoms with Gasteiger partial charge in [-0.3, -0.25) is 4.79 Å². The largest absolute Gasteiger partial charge is 0.437 e. The molecule has 4 nitrogen and oxygen atoms in total. The van der Waals surface area contributed by atoms with Gasteiger partial charge in [-0.05, 0) is 47.3 Å². The van der Waals surface area contributed by atoms with Crippen LogP contribution < -0.4 is 0 Å². The quantitative estimate of drug-likeness (QED) is 0.476. The van der Waals surface area contributed by atoms with Crippen LogP contribution >= 0.6 is 27.3 Å². The molecule has 0 bridgehead atoms. The van der Waals surface area contributed by atoms with Crippen molar-refractivity contribution < 1.29 is 17.9 Å². The van der Waals surface area contributed by atoms with Crippen molar-refractivity contribution in [1.82, 2.24) is 0 Å². The smallest absolute Gasteiger partial charge is 0.304 e. The van der Waals surface area contributed by atoms with E-state index in [9.17, 15) is 13.2 Å². The molecule has 1 fully saturated rings. The fourth-order valence-corrected chi connectivity index (χ4v) is 8.74. The van der Waals surface area contributed by atoms with Crippen LogP contribution in [-0.2, 0) is 24.3 Å². The predicted molar refractivity (Wildman–Crippen MR) is 105 cm³/mol. The predicted octanol–water partition coefficient (Wildman–Crippen LogP) is 4.78. The molecule has 1 unspecified atom stereocenters. The normalized spacial score (nSPS) is 27.0. The minimum absolute atomic E-state index is 0.0687. The van der Waals surface area contributed by atoms with E-state index in [2.05, 4.69) is 35.6 Å². The number of hydrogen-bond donors (Lipinski definition) is 0. The monoisotopic (exact) mass is 452 g/mol. The summed E-state index contributed by atoms with van der Waals surface area (Å²) in [7, 11) is -4.90. The van der Waals surface area contributed by atoms with E-state index in [4.69, 9.17) is 4.74 Å². The molecule has 1 aromatic heterocycles. The Labute approximate surface area is 158 Å². The molecular formula is C16H25BrO4S2Si. The summed E-state index contributed by atoms with van der Waals surface area (Å²) >= 11 is 4.75. The van der Waals surface area contributed by atoms with Gasteiger partial charge in [0.05, 0.1) is 14.4 Å². The Kier molecular flexibility index (Phi) is 6.05. The third kappa shape index (κ3) is 4.13. The molecule has 0 aromatic carbocycles. The molecule has 2 rings (SSSR count). The lowest BCUT2D eigenvalue weighted by molar-refractivity contribution is -0.154. The van der Waals surface area contributed by atoms with Crippen molar-refractivity contribution in [2.45, 2.75) is 56.8 Å². The summed E-state index contributed by atoms with van der Waals surface area (Å²) in [6.07, 6.45) is 2.18. The van der Waals surface area contributed by atoms with Gasteiger partial charge in [0.15, 0.2) is 9.84 Å². The molecule has 2 atom stereocenters. The maximum Gasteiger partial charge on any atom is 0.304 e. The highest BCUT2D eigenvalue weighted by Gasteiger charge is 2.57. The second-order valence-electron chi connectivity index (χ2n) is 7.62. The zero-order valence-corrected chi connectivity index (χ0v) is 18.8. The van der Waals surface area contributed by atoms with Crippen molar-refractivity contribution in [3.63, 3.8) is 0 Å². The summed E-state index contributed by atoms with van der Waals surface area (Å²) in [4.78, 5) is 10.9. The Balaban J connectivity index is 2.55. The van der Waals surface area contributed by atoms with E-state index in [0.717, 1.165) is 22.7 Å². The molecular weight excluding hydrogens is 428 g/mol. The Hall–Kier alpha value is -0.183. The molecule has 1 saturated heterocycles. The molecule has 2 heterocycles. The van der Waals surface area contributed by atoms with Gasteiger partial charge in [0.25, 0.3) is 0 Å². The fraction of sp³-hybridized carbons (Fsp3) is 0.688. The lowest BCUT2D eigenvalue weighted by atomic mass is 9.91. The molecule has 8 heteroatoms. The molecule has 1 aliphatic rings. The summed E-state index contributed by atoms with van der Waals surface area (Å²) in [5.74, 6) is -0.653. The number of rotatable bonds is 5. The lowest BCUT2D eigenvalue weighted by Crippen LogP contribution is -2.50. The van der Waals surface area contributed by atoms with Crippen LogP contribution in [0, 0.1) is 5.92 Å². The van der Waals surface area contributed by atoms with Crippen molar-refractivity contribution in [1.29, 1.82) is 0 Å². The van der Waals surface area contributed by atoms with Crippen molar-refractivity contribution in [3.8, 4) is 0 Å². The number of thiophene rings is 1. The van der Waals surface area contributed by atoms with Crippen molar-refractivity contribution >= 4 is 51.1 Å². The van der Waals surface area contributed by atoms with Crippen LogP contribution in [0.25, 0.3) is 0 Å². The topological polar surface area (TPSA) is 60.4 Å². The zero-order valence-electron chi connectivity index (χ0n) is 14.6. The highest BCUT2D eigenvalue weighted by Crippen LogP contribution is 2.50. The SMILES string of the molecule is CC(=O)O[C@@]1(c2ccc(Br)s2)C(CC[Si](C)(C)C)CCCS1(=O)=O. The van der Waals surface area contributed by atoms with Gasteiger partial charge in [0.2, 0.25) is 4.93 Å². The van der Waals surface area contributed by atoms with Crippen LogP contribution in [-0.4, -0.2) is 28.2 Å². The van der Waals surface area contributed by atoms with Gasteiger partial charge in [0, 0.05) is 20.9 Å². The summed E-state index contributed by atoms with van der Waals surface area (Å²) in [6, 6.07) is 4.62. The molecule has 0 radical (unpaired) electrons. The van der Waals surface area contributed by atoms with Crippen molar-refractivity contribution in [2.24, 2.45) is 5.92 Å². The Morgan fingerprint density at radius 2 is 2.08 bits per heavy atom. The molecule has 0 aliphatic carbocycles. The van der Waals surface area contributed by atoms with Gasteiger partial charge in [-0.1, -0.05) is 25.7 Å². The fourth-order valence-electron chi connectivity index (χ4n) is 3.32. The van der Waals surface area contributed by atoms with E-state index >= 15 is 0 Å².